The second kappa shape index (κ2) is 7.80. The smallest absolute Gasteiger partial charge is 0.203 e. The number of hydrogen-bond donors (Lipinski definition) is 0. The van der Waals surface area contributed by atoms with Gasteiger partial charge < -0.3 is 9.47 Å². The molecule has 0 atom stereocenters. The van der Waals surface area contributed by atoms with E-state index in [9.17, 15) is 10.1 Å². The molecular formula is C19H16BrNO3. The number of nitriles is 1. The number of ketones is 1. The lowest BCUT2D eigenvalue weighted by Gasteiger charge is -2.10. The van der Waals surface area contributed by atoms with Crippen LogP contribution in [0.5, 0.6) is 11.5 Å². The summed E-state index contributed by atoms with van der Waals surface area (Å²) >= 11 is 3.43. The molecule has 0 fully saturated rings. The number of rotatable bonds is 5. The van der Waals surface area contributed by atoms with Gasteiger partial charge >= 0.3 is 0 Å². The molecule has 0 amide bonds. The lowest BCUT2D eigenvalue weighted by Crippen LogP contribution is -2.04. The molecule has 0 saturated heterocycles. The Balaban J connectivity index is 2.50. The van der Waals surface area contributed by atoms with Gasteiger partial charge in [0, 0.05) is 10.0 Å². The summed E-state index contributed by atoms with van der Waals surface area (Å²) in [6.45, 7) is 1.84. The minimum absolute atomic E-state index is 0.0530. The van der Waals surface area contributed by atoms with E-state index in [4.69, 9.17) is 9.47 Å². The molecule has 2 rings (SSSR count). The van der Waals surface area contributed by atoms with Gasteiger partial charge in [-0.15, -0.1) is 0 Å². The number of Topliss-reactive ketones (excluding diaryl/α,β-unsaturated/α-hetero) is 1. The number of nitrogens with zero attached hydrogens (tertiary/aromatic N) is 1. The monoisotopic (exact) mass is 385 g/mol. The van der Waals surface area contributed by atoms with Crippen molar-refractivity contribution in [2.75, 3.05) is 14.2 Å². The number of carbonyl (C=O) groups excluding carboxylic acids is 1. The summed E-state index contributed by atoms with van der Waals surface area (Å²) in [6.07, 6.45) is 1.54. The average molecular weight is 386 g/mol. The summed E-state index contributed by atoms with van der Waals surface area (Å²) in [7, 11) is 3.07. The molecule has 0 saturated carbocycles. The molecule has 0 heterocycles. The Morgan fingerprint density at radius 3 is 2.38 bits per heavy atom. The van der Waals surface area contributed by atoms with Crippen LogP contribution >= 0.6 is 15.9 Å². The third kappa shape index (κ3) is 3.66. The molecule has 0 spiro atoms. The summed E-state index contributed by atoms with van der Waals surface area (Å²) in [5.41, 5.74) is 2.06. The van der Waals surface area contributed by atoms with Crippen molar-refractivity contribution < 1.29 is 14.3 Å². The highest BCUT2D eigenvalue weighted by molar-refractivity contribution is 9.10. The first kappa shape index (κ1) is 17.8. The Morgan fingerprint density at radius 1 is 1.17 bits per heavy atom. The first-order valence-electron chi connectivity index (χ1n) is 7.15. The van der Waals surface area contributed by atoms with Gasteiger partial charge in [0.15, 0.2) is 11.5 Å². The number of aryl methyl sites for hydroxylation is 1. The Labute approximate surface area is 149 Å². The molecule has 0 aromatic heterocycles. The molecule has 0 bridgehead atoms. The number of carbonyl (C=O) groups is 1. The van der Waals surface area contributed by atoms with Crippen molar-refractivity contribution in [2.45, 2.75) is 6.92 Å². The van der Waals surface area contributed by atoms with E-state index in [1.807, 2.05) is 25.1 Å². The molecule has 0 aliphatic heterocycles. The minimum atomic E-state index is -0.308. The second-order valence-electron chi connectivity index (χ2n) is 5.04. The predicted octanol–water partition coefficient (Wildman–Crippen LogP) is 4.56. The molecule has 0 aliphatic carbocycles. The number of ether oxygens (including phenoxy) is 2. The molecule has 4 nitrogen and oxygen atoms in total. The van der Waals surface area contributed by atoms with Gasteiger partial charge in [-0.05, 0) is 36.3 Å². The molecular weight excluding hydrogens is 370 g/mol. The van der Waals surface area contributed by atoms with Crippen molar-refractivity contribution in [3.8, 4) is 17.6 Å². The van der Waals surface area contributed by atoms with E-state index in [0.29, 0.717) is 27.1 Å². The molecule has 2 aromatic carbocycles. The number of hydrogen-bond acceptors (Lipinski definition) is 4. The summed E-state index contributed by atoms with van der Waals surface area (Å²) in [6, 6.07) is 12.6. The number of allylic oxidation sites excluding steroid dienone is 1. The van der Waals surface area contributed by atoms with Gasteiger partial charge in [-0.1, -0.05) is 40.2 Å². The van der Waals surface area contributed by atoms with Crippen LogP contribution in [0, 0.1) is 18.3 Å². The van der Waals surface area contributed by atoms with Crippen molar-refractivity contribution in [1.29, 1.82) is 5.26 Å². The summed E-state index contributed by atoms with van der Waals surface area (Å²) in [4.78, 5) is 12.6. The van der Waals surface area contributed by atoms with Gasteiger partial charge in [0.05, 0.1) is 14.2 Å². The van der Waals surface area contributed by atoms with Crippen molar-refractivity contribution in [3.63, 3.8) is 0 Å². The standard InChI is InChI=1S/C19H16BrNO3/c1-12-6-4-5-7-15(12)19(22)14(11-21)8-13-9-17(23-2)18(24-3)10-16(13)20/h4-10H,1-3H3/b14-8+. The highest BCUT2D eigenvalue weighted by Crippen LogP contribution is 2.34. The van der Waals surface area contributed by atoms with Gasteiger partial charge in [0.25, 0.3) is 0 Å². The quantitative estimate of drug-likeness (QED) is 0.429. The van der Waals surface area contributed by atoms with E-state index in [0.717, 1.165) is 5.56 Å². The second-order valence-corrected chi connectivity index (χ2v) is 5.90. The lowest BCUT2D eigenvalue weighted by molar-refractivity contribution is 0.103. The Morgan fingerprint density at radius 2 is 1.79 bits per heavy atom. The van der Waals surface area contributed by atoms with Gasteiger partial charge in [0.2, 0.25) is 5.78 Å². The van der Waals surface area contributed by atoms with E-state index in [1.165, 1.54) is 7.11 Å². The minimum Gasteiger partial charge on any atom is -0.493 e. The molecule has 0 radical (unpaired) electrons. The fourth-order valence-corrected chi connectivity index (χ4v) is 2.69. The van der Waals surface area contributed by atoms with Gasteiger partial charge in [0.1, 0.15) is 11.6 Å². The highest BCUT2D eigenvalue weighted by Gasteiger charge is 2.16. The van der Waals surface area contributed by atoms with E-state index >= 15 is 0 Å². The maximum Gasteiger partial charge on any atom is 0.203 e. The van der Waals surface area contributed by atoms with Crippen LogP contribution in [0.1, 0.15) is 21.5 Å². The zero-order chi connectivity index (χ0) is 17.7. The van der Waals surface area contributed by atoms with Crippen LogP contribution in [-0.2, 0) is 0 Å². The zero-order valence-electron chi connectivity index (χ0n) is 13.6. The normalized spacial score (nSPS) is 10.9. The lowest BCUT2D eigenvalue weighted by atomic mass is 9.98. The molecule has 0 unspecified atom stereocenters. The highest BCUT2D eigenvalue weighted by atomic mass is 79.9. The van der Waals surface area contributed by atoms with E-state index in [-0.39, 0.29) is 11.4 Å². The third-order valence-corrected chi connectivity index (χ3v) is 4.24. The Kier molecular flexibility index (Phi) is 5.78. The van der Waals surface area contributed by atoms with Crippen LogP contribution in [0.4, 0.5) is 0 Å². The Bertz CT molecular complexity index is 850. The fraction of sp³-hybridized carbons (Fsp3) is 0.158. The zero-order valence-corrected chi connectivity index (χ0v) is 15.2. The third-order valence-electron chi connectivity index (χ3n) is 3.56. The van der Waals surface area contributed by atoms with Gasteiger partial charge in [-0.2, -0.15) is 5.26 Å². The first-order valence-corrected chi connectivity index (χ1v) is 7.94. The first-order chi connectivity index (χ1) is 11.5. The van der Waals surface area contributed by atoms with Crippen molar-refractivity contribution >= 4 is 27.8 Å². The van der Waals surface area contributed by atoms with Crippen LogP contribution in [0.25, 0.3) is 6.08 Å². The van der Waals surface area contributed by atoms with E-state index < -0.39 is 0 Å². The van der Waals surface area contributed by atoms with Crippen LogP contribution in [0.15, 0.2) is 46.4 Å². The fourth-order valence-electron chi connectivity index (χ4n) is 2.26. The van der Waals surface area contributed by atoms with Gasteiger partial charge in [-0.25, -0.2) is 0 Å². The molecule has 5 heteroatoms. The molecule has 24 heavy (non-hydrogen) atoms. The number of benzene rings is 2. The van der Waals surface area contributed by atoms with Crippen LogP contribution in [0.3, 0.4) is 0 Å². The van der Waals surface area contributed by atoms with Crippen LogP contribution in [-0.4, -0.2) is 20.0 Å². The summed E-state index contributed by atoms with van der Waals surface area (Å²) in [5.74, 6) is 0.773. The Hall–Kier alpha value is -2.58. The maximum atomic E-state index is 12.6. The largest absolute Gasteiger partial charge is 0.493 e. The number of methoxy groups -OCH3 is 2. The SMILES string of the molecule is COc1cc(Br)c(/C=C(\C#N)C(=O)c2ccccc2C)cc1OC. The van der Waals surface area contributed by atoms with Crippen molar-refractivity contribution in [1.82, 2.24) is 0 Å². The average Bonchev–Trinajstić information content (AvgIpc) is 2.60. The summed E-state index contributed by atoms with van der Waals surface area (Å²) in [5, 5.41) is 9.42. The summed E-state index contributed by atoms with van der Waals surface area (Å²) < 4.78 is 11.2. The van der Waals surface area contributed by atoms with Crippen LogP contribution < -0.4 is 9.47 Å². The van der Waals surface area contributed by atoms with E-state index in [1.54, 1.807) is 37.5 Å². The molecule has 2 aromatic rings. The van der Waals surface area contributed by atoms with Crippen molar-refractivity contribution in [2.24, 2.45) is 0 Å². The molecule has 0 aliphatic rings. The van der Waals surface area contributed by atoms with E-state index in [2.05, 4.69) is 15.9 Å². The number of halogens is 1. The molecule has 122 valence electrons. The predicted molar refractivity (Wildman–Crippen MR) is 96.3 cm³/mol. The maximum absolute atomic E-state index is 12.6. The van der Waals surface area contributed by atoms with Crippen LogP contribution in [0.2, 0.25) is 0 Å². The topological polar surface area (TPSA) is 59.3 Å². The van der Waals surface area contributed by atoms with Crippen molar-refractivity contribution in [3.05, 3.63) is 63.1 Å². The van der Waals surface area contributed by atoms with Gasteiger partial charge in [-0.3, -0.25) is 4.79 Å². The molecule has 0 N–H and O–H groups in total.